The van der Waals surface area contributed by atoms with Gasteiger partial charge in [-0.15, -0.1) is 0 Å². The van der Waals surface area contributed by atoms with Crippen LogP contribution in [0.4, 0.5) is 4.39 Å². The topological polar surface area (TPSA) is 43.1 Å². The molecule has 0 spiro atoms. The fourth-order valence-electron chi connectivity index (χ4n) is 2.55. The minimum atomic E-state index is -1.67. The van der Waals surface area contributed by atoms with Crippen molar-refractivity contribution < 1.29 is 9.18 Å². The molecular weight excluding hydrogens is 217 g/mol. The number of hydrogen-bond acceptors (Lipinski definition) is 2. The van der Waals surface area contributed by atoms with Gasteiger partial charge in [0.2, 0.25) is 0 Å². The fraction of sp³-hybridized carbons (Fsp3) is 0.500. The normalized spacial score (nSPS) is 29.3. The summed E-state index contributed by atoms with van der Waals surface area (Å²) in [5.74, 6) is -0.103. The number of benzene rings is 1. The maximum absolute atomic E-state index is 14.2. The van der Waals surface area contributed by atoms with Crippen molar-refractivity contribution >= 4 is 5.78 Å². The number of rotatable bonds is 3. The molecule has 2 atom stereocenters. The summed E-state index contributed by atoms with van der Waals surface area (Å²) in [5.41, 5.74) is 4.83. The predicted octanol–water partition coefficient (Wildman–Crippen LogP) is 2.58. The third-order valence-electron chi connectivity index (χ3n) is 3.63. The van der Waals surface area contributed by atoms with E-state index in [0.29, 0.717) is 12.8 Å². The molecule has 0 radical (unpaired) electrons. The third kappa shape index (κ3) is 2.55. The van der Waals surface area contributed by atoms with Crippen molar-refractivity contribution in [2.75, 3.05) is 6.54 Å². The van der Waals surface area contributed by atoms with Crippen molar-refractivity contribution in [1.82, 2.24) is 0 Å². The monoisotopic (exact) mass is 235 g/mol. The molecule has 2 rings (SSSR count). The fourth-order valence-corrected chi connectivity index (χ4v) is 2.55. The Balaban J connectivity index is 2.08. The lowest BCUT2D eigenvalue weighted by atomic mass is 9.75. The molecule has 1 aromatic rings. The number of carbonyl (C=O) groups is 1. The largest absolute Gasteiger partial charge is 0.330 e. The van der Waals surface area contributed by atoms with E-state index in [0.717, 1.165) is 12.0 Å². The van der Waals surface area contributed by atoms with E-state index in [1.54, 1.807) is 0 Å². The Bertz CT molecular complexity index is 392. The summed E-state index contributed by atoms with van der Waals surface area (Å²) in [4.78, 5) is 11.9. The van der Waals surface area contributed by atoms with Gasteiger partial charge in [0.15, 0.2) is 11.5 Å². The van der Waals surface area contributed by atoms with E-state index < -0.39 is 5.67 Å². The summed E-state index contributed by atoms with van der Waals surface area (Å²) < 4.78 is 14.2. The highest BCUT2D eigenvalue weighted by atomic mass is 19.1. The smallest absolute Gasteiger partial charge is 0.170 e. The average Bonchev–Trinajstić information content (AvgIpc) is 2.34. The molecule has 1 aliphatic carbocycles. The van der Waals surface area contributed by atoms with Gasteiger partial charge in [-0.3, -0.25) is 4.79 Å². The number of hydrogen-bond donors (Lipinski definition) is 1. The molecule has 1 fully saturated rings. The molecule has 0 bridgehead atoms. The molecule has 1 aromatic carbocycles. The van der Waals surface area contributed by atoms with Crippen molar-refractivity contribution in [1.29, 1.82) is 0 Å². The van der Waals surface area contributed by atoms with Gasteiger partial charge >= 0.3 is 0 Å². The molecular formula is C14H18FNO. The van der Waals surface area contributed by atoms with Crippen molar-refractivity contribution in [3.05, 3.63) is 35.9 Å². The molecule has 3 heteroatoms. The van der Waals surface area contributed by atoms with Crippen LogP contribution >= 0.6 is 0 Å². The van der Waals surface area contributed by atoms with E-state index in [4.69, 9.17) is 5.73 Å². The molecule has 1 aliphatic rings. The molecule has 0 amide bonds. The Morgan fingerprint density at radius 1 is 1.35 bits per heavy atom. The lowest BCUT2D eigenvalue weighted by molar-refractivity contribution is -0.134. The average molecular weight is 235 g/mol. The van der Waals surface area contributed by atoms with Gasteiger partial charge < -0.3 is 5.73 Å². The zero-order valence-corrected chi connectivity index (χ0v) is 9.86. The molecule has 2 nitrogen and oxygen atoms in total. The number of carbonyl (C=O) groups excluding carboxylic acids is 1. The molecule has 1 saturated carbocycles. The van der Waals surface area contributed by atoms with E-state index >= 15 is 0 Å². The van der Waals surface area contributed by atoms with Crippen LogP contribution in [0.15, 0.2) is 30.3 Å². The van der Waals surface area contributed by atoms with Gasteiger partial charge in [0, 0.05) is 12.8 Å². The second-order valence-electron chi connectivity index (χ2n) is 4.78. The zero-order valence-electron chi connectivity index (χ0n) is 9.86. The molecule has 0 aliphatic heterocycles. The van der Waals surface area contributed by atoms with Gasteiger partial charge in [-0.25, -0.2) is 4.39 Å². The van der Waals surface area contributed by atoms with E-state index in [2.05, 4.69) is 0 Å². The van der Waals surface area contributed by atoms with E-state index in [9.17, 15) is 9.18 Å². The lowest BCUT2D eigenvalue weighted by Crippen LogP contribution is -2.40. The maximum Gasteiger partial charge on any atom is 0.170 e. The van der Waals surface area contributed by atoms with E-state index in [1.807, 2.05) is 30.3 Å². The van der Waals surface area contributed by atoms with Crippen molar-refractivity contribution in [2.45, 2.75) is 37.3 Å². The highest BCUT2D eigenvalue weighted by Crippen LogP contribution is 2.39. The second-order valence-corrected chi connectivity index (χ2v) is 4.78. The Kier molecular flexibility index (Phi) is 3.57. The zero-order chi connectivity index (χ0) is 12.3. The van der Waals surface area contributed by atoms with Gasteiger partial charge in [-0.05, 0) is 30.9 Å². The van der Waals surface area contributed by atoms with Crippen molar-refractivity contribution in [3.8, 4) is 0 Å². The van der Waals surface area contributed by atoms with Crippen LogP contribution in [0.5, 0.6) is 0 Å². The Hall–Kier alpha value is -1.22. The first-order valence-corrected chi connectivity index (χ1v) is 6.13. The van der Waals surface area contributed by atoms with Crippen LogP contribution < -0.4 is 5.73 Å². The summed E-state index contributed by atoms with van der Waals surface area (Å²) in [6.07, 6.45) is 1.50. The third-order valence-corrected chi connectivity index (χ3v) is 3.63. The highest BCUT2D eigenvalue weighted by Gasteiger charge is 2.42. The van der Waals surface area contributed by atoms with Crippen LogP contribution in [0.2, 0.25) is 0 Å². The van der Waals surface area contributed by atoms with Gasteiger partial charge in [0.05, 0.1) is 0 Å². The van der Waals surface area contributed by atoms with Gasteiger partial charge in [0.1, 0.15) is 0 Å². The molecule has 17 heavy (non-hydrogen) atoms. The first kappa shape index (κ1) is 12.2. The molecule has 2 unspecified atom stereocenters. The van der Waals surface area contributed by atoms with Crippen LogP contribution in [-0.2, 0) is 4.79 Å². The molecule has 0 aromatic heterocycles. The molecule has 0 heterocycles. The Morgan fingerprint density at radius 2 is 2.06 bits per heavy atom. The summed E-state index contributed by atoms with van der Waals surface area (Å²) in [6.45, 7) is 0.234. The highest BCUT2D eigenvalue weighted by molar-refractivity contribution is 5.88. The SMILES string of the molecule is NCCC1(F)CCC(c2ccccc2)CC1=O. The summed E-state index contributed by atoms with van der Waals surface area (Å²) >= 11 is 0. The number of nitrogens with two attached hydrogens (primary N) is 1. The Labute approximate surface area is 101 Å². The molecule has 92 valence electrons. The second kappa shape index (κ2) is 4.96. The van der Waals surface area contributed by atoms with Crippen molar-refractivity contribution in [2.24, 2.45) is 5.73 Å². The van der Waals surface area contributed by atoms with Gasteiger partial charge in [0.25, 0.3) is 0 Å². The number of halogens is 1. The minimum absolute atomic E-state index is 0.160. The maximum atomic E-state index is 14.2. The number of alkyl halides is 1. The van der Waals surface area contributed by atoms with E-state index in [1.165, 1.54) is 0 Å². The predicted molar refractivity (Wildman–Crippen MR) is 65.6 cm³/mol. The van der Waals surface area contributed by atoms with Crippen LogP contribution in [0, 0.1) is 0 Å². The first-order chi connectivity index (χ1) is 8.15. The first-order valence-electron chi connectivity index (χ1n) is 6.13. The minimum Gasteiger partial charge on any atom is -0.330 e. The van der Waals surface area contributed by atoms with Crippen molar-refractivity contribution in [3.63, 3.8) is 0 Å². The summed E-state index contributed by atoms with van der Waals surface area (Å²) in [5, 5.41) is 0. The van der Waals surface area contributed by atoms with E-state index in [-0.39, 0.29) is 24.7 Å². The van der Waals surface area contributed by atoms with Gasteiger partial charge in [-0.1, -0.05) is 30.3 Å². The standard InChI is InChI=1S/C14H18FNO/c15-14(8-9-16)7-6-12(10-13(14)17)11-4-2-1-3-5-11/h1-5,12H,6-10,16H2. The van der Waals surface area contributed by atoms with Crippen LogP contribution in [-0.4, -0.2) is 18.0 Å². The van der Waals surface area contributed by atoms with Crippen LogP contribution in [0.1, 0.15) is 37.2 Å². The summed E-state index contributed by atoms with van der Waals surface area (Å²) in [7, 11) is 0. The molecule has 0 saturated heterocycles. The quantitative estimate of drug-likeness (QED) is 0.875. The Morgan fingerprint density at radius 3 is 2.65 bits per heavy atom. The van der Waals surface area contributed by atoms with Gasteiger partial charge in [-0.2, -0.15) is 0 Å². The van der Waals surface area contributed by atoms with Crippen LogP contribution in [0.3, 0.4) is 0 Å². The molecule has 2 N–H and O–H groups in total. The van der Waals surface area contributed by atoms with Crippen LogP contribution in [0.25, 0.3) is 0 Å². The lowest BCUT2D eigenvalue weighted by Gasteiger charge is -2.32. The summed E-state index contributed by atoms with van der Waals surface area (Å²) in [6, 6.07) is 9.87. The number of Topliss-reactive ketones (excluding diaryl/α,β-unsaturated/α-hetero) is 1. The number of ketones is 1.